The monoisotopic (exact) mass is 216 g/mol. The lowest BCUT2D eigenvalue weighted by molar-refractivity contribution is 0.490. The van der Waals surface area contributed by atoms with Crippen LogP contribution in [0.1, 0.15) is 11.1 Å². The molecule has 14 heavy (non-hydrogen) atoms. The van der Waals surface area contributed by atoms with Crippen molar-refractivity contribution in [1.29, 1.82) is 10.5 Å². The molecule has 0 fully saturated rings. The summed E-state index contributed by atoms with van der Waals surface area (Å²) >= 11 is 5.15. The highest BCUT2D eigenvalue weighted by molar-refractivity contribution is 6.31. The molecule has 0 aromatic heterocycles. The third-order valence-electron chi connectivity index (χ3n) is 1.49. The summed E-state index contributed by atoms with van der Waals surface area (Å²) in [4.78, 5) is 0. The van der Waals surface area contributed by atoms with E-state index in [4.69, 9.17) is 22.1 Å². The molecule has 0 atom stereocenters. The van der Waals surface area contributed by atoms with Crippen LogP contribution in [0.15, 0.2) is 0 Å². The summed E-state index contributed by atoms with van der Waals surface area (Å²) in [5, 5.41) is 15.7. The molecule has 70 valence electrons. The Morgan fingerprint density at radius 2 is 1.36 bits per heavy atom. The summed E-state index contributed by atoms with van der Waals surface area (Å²) in [5.41, 5.74) is -2.02. The number of nitrogens with zero attached hydrogens (tertiary/aromatic N) is 2. The summed E-state index contributed by atoms with van der Waals surface area (Å²) in [6.45, 7) is 0. The molecule has 0 saturated heterocycles. The Morgan fingerprint density at radius 3 is 1.79 bits per heavy atom. The van der Waals surface area contributed by atoms with E-state index in [0.29, 0.717) is 0 Å². The molecule has 1 aromatic carbocycles. The molecule has 6 heteroatoms. The molecule has 1 rings (SSSR count). The first-order valence-electron chi connectivity index (χ1n) is 3.20. The standard InChI is InChI=1S/C8ClF3N2/c9-5-3(1-13)6(10)4(2-14)7(11)8(5)12. The van der Waals surface area contributed by atoms with Gasteiger partial charge in [0.15, 0.2) is 17.5 Å². The van der Waals surface area contributed by atoms with Crippen LogP contribution in [0, 0.1) is 40.1 Å². The van der Waals surface area contributed by atoms with E-state index in [1.165, 1.54) is 6.07 Å². The fourth-order valence-electron chi connectivity index (χ4n) is 0.830. The van der Waals surface area contributed by atoms with Crippen molar-refractivity contribution in [3.63, 3.8) is 0 Å². The molecule has 0 aliphatic heterocycles. The molecule has 0 spiro atoms. The van der Waals surface area contributed by atoms with Gasteiger partial charge in [0.05, 0.1) is 0 Å². The topological polar surface area (TPSA) is 47.6 Å². The largest absolute Gasteiger partial charge is 0.204 e. The van der Waals surface area contributed by atoms with Gasteiger partial charge in [0, 0.05) is 0 Å². The van der Waals surface area contributed by atoms with Crippen LogP contribution in [-0.4, -0.2) is 0 Å². The van der Waals surface area contributed by atoms with E-state index in [0.717, 1.165) is 6.07 Å². The number of hydrogen-bond acceptors (Lipinski definition) is 2. The summed E-state index contributed by atoms with van der Waals surface area (Å²) in [5.74, 6) is -4.73. The summed E-state index contributed by atoms with van der Waals surface area (Å²) in [6.07, 6.45) is 0. The zero-order valence-corrected chi connectivity index (χ0v) is 7.16. The SMILES string of the molecule is N#Cc1c(F)c(F)c(Cl)c(C#N)c1F. The molecule has 1 aromatic rings. The van der Waals surface area contributed by atoms with Gasteiger partial charge < -0.3 is 0 Å². The average molecular weight is 217 g/mol. The maximum absolute atomic E-state index is 13.0. The molecule has 0 bridgehead atoms. The highest BCUT2D eigenvalue weighted by Crippen LogP contribution is 2.27. The minimum absolute atomic E-state index is 0.873. The highest BCUT2D eigenvalue weighted by atomic mass is 35.5. The number of hydrogen-bond donors (Lipinski definition) is 0. The van der Waals surface area contributed by atoms with Gasteiger partial charge in [-0.05, 0) is 0 Å². The average Bonchev–Trinajstić information content (AvgIpc) is 2.16. The molecule has 0 N–H and O–H groups in total. The molecule has 0 radical (unpaired) electrons. The van der Waals surface area contributed by atoms with E-state index in [2.05, 4.69) is 0 Å². The van der Waals surface area contributed by atoms with Crippen LogP contribution in [0.4, 0.5) is 13.2 Å². The van der Waals surface area contributed by atoms with Crippen LogP contribution in [-0.2, 0) is 0 Å². The first kappa shape index (κ1) is 10.4. The van der Waals surface area contributed by atoms with Crippen molar-refractivity contribution in [3.05, 3.63) is 33.6 Å². The molecule has 0 heterocycles. The third kappa shape index (κ3) is 1.28. The Morgan fingerprint density at radius 1 is 0.857 bits per heavy atom. The quantitative estimate of drug-likeness (QED) is 0.494. The van der Waals surface area contributed by atoms with Crippen molar-refractivity contribution >= 4 is 11.6 Å². The Balaban J connectivity index is 3.78. The fraction of sp³-hybridized carbons (Fsp3) is 0. The molecular formula is C8ClF3N2. The van der Waals surface area contributed by atoms with Gasteiger partial charge in [0.2, 0.25) is 0 Å². The minimum Gasteiger partial charge on any atom is -0.204 e. The molecular weight excluding hydrogens is 217 g/mol. The minimum atomic E-state index is -1.69. The second-order valence-electron chi connectivity index (χ2n) is 2.23. The Labute approximate surface area is 81.7 Å². The Hall–Kier alpha value is -1.72. The van der Waals surface area contributed by atoms with Crippen molar-refractivity contribution in [1.82, 2.24) is 0 Å². The zero-order chi connectivity index (χ0) is 10.9. The van der Waals surface area contributed by atoms with Gasteiger partial charge in [-0.15, -0.1) is 0 Å². The van der Waals surface area contributed by atoms with Crippen molar-refractivity contribution < 1.29 is 13.2 Å². The smallest absolute Gasteiger partial charge is 0.181 e. The first-order chi connectivity index (χ1) is 6.54. The fourth-order valence-corrected chi connectivity index (χ4v) is 1.04. The molecule has 0 unspecified atom stereocenters. The van der Waals surface area contributed by atoms with E-state index in [1.54, 1.807) is 0 Å². The zero-order valence-electron chi connectivity index (χ0n) is 6.41. The van der Waals surface area contributed by atoms with E-state index < -0.39 is 33.6 Å². The van der Waals surface area contributed by atoms with Crippen molar-refractivity contribution in [2.24, 2.45) is 0 Å². The van der Waals surface area contributed by atoms with E-state index in [1.807, 2.05) is 0 Å². The summed E-state index contributed by atoms with van der Waals surface area (Å²) < 4.78 is 38.7. The van der Waals surface area contributed by atoms with Crippen molar-refractivity contribution in [2.45, 2.75) is 0 Å². The van der Waals surface area contributed by atoms with Crippen LogP contribution < -0.4 is 0 Å². The van der Waals surface area contributed by atoms with Crippen LogP contribution in [0.5, 0.6) is 0 Å². The van der Waals surface area contributed by atoms with E-state index in [-0.39, 0.29) is 0 Å². The number of rotatable bonds is 0. The Kier molecular flexibility index (Phi) is 2.64. The van der Waals surface area contributed by atoms with Gasteiger partial charge in [-0.1, -0.05) is 11.6 Å². The van der Waals surface area contributed by atoms with Gasteiger partial charge in [-0.25, -0.2) is 13.2 Å². The van der Waals surface area contributed by atoms with Gasteiger partial charge in [-0.2, -0.15) is 10.5 Å². The predicted octanol–water partition coefficient (Wildman–Crippen LogP) is 2.50. The second-order valence-corrected chi connectivity index (χ2v) is 2.61. The van der Waals surface area contributed by atoms with Gasteiger partial charge >= 0.3 is 0 Å². The van der Waals surface area contributed by atoms with Crippen LogP contribution in [0.25, 0.3) is 0 Å². The summed E-state index contributed by atoms with van der Waals surface area (Å²) in [7, 11) is 0. The van der Waals surface area contributed by atoms with E-state index >= 15 is 0 Å². The van der Waals surface area contributed by atoms with Crippen LogP contribution >= 0.6 is 11.6 Å². The summed E-state index contributed by atoms with van der Waals surface area (Å²) in [6, 6.07) is 2.35. The van der Waals surface area contributed by atoms with Crippen molar-refractivity contribution in [3.8, 4) is 12.1 Å². The van der Waals surface area contributed by atoms with Gasteiger partial charge in [0.25, 0.3) is 0 Å². The third-order valence-corrected chi connectivity index (χ3v) is 1.84. The molecule has 0 aliphatic rings. The normalized spacial score (nSPS) is 9.29. The van der Waals surface area contributed by atoms with Crippen molar-refractivity contribution in [2.75, 3.05) is 0 Å². The van der Waals surface area contributed by atoms with Crippen LogP contribution in [0.3, 0.4) is 0 Å². The maximum Gasteiger partial charge on any atom is 0.181 e. The van der Waals surface area contributed by atoms with Gasteiger partial charge in [0.1, 0.15) is 28.3 Å². The lowest BCUT2D eigenvalue weighted by atomic mass is 10.1. The van der Waals surface area contributed by atoms with Crippen LogP contribution in [0.2, 0.25) is 5.02 Å². The maximum atomic E-state index is 13.0. The number of benzene rings is 1. The highest BCUT2D eigenvalue weighted by Gasteiger charge is 2.23. The second kappa shape index (κ2) is 3.57. The molecule has 0 amide bonds. The van der Waals surface area contributed by atoms with Gasteiger partial charge in [-0.3, -0.25) is 0 Å². The number of halogens is 4. The molecule has 0 saturated carbocycles. The lowest BCUT2D eigenvalue weighted by Crippen LogP contribution is -2.00. The Bertz CT molecular complexity index is 444. The molecule has 0 aliphatic carbocycles. The molecule has 2 nitrogen and oxygen atoms in total. The first-order valence-corrected chi connectivity index (χ1v) is 3.58. The van der Waals surface area contributed by atoms with E-state index in [9.17, 15) is 13.2 Å². The lowest BCUT2D eigenvalue weighted by Gasteiger charge is -2.02. The number of nitriles is 2. The predicted molar refractivity (Wildman–Crippen MR) is 40.8 cm³/mol.